The van der Waals surface area contributed by atoms with E-state index in [1.54, 1.807) is 55.5 Å². The summed E-state index contributed by atoms with van der Waals surface area (Å²) >= 11 is 12.0. The number of nitrogens with one attached hydrogen (secondary N) is 3. The van der Waals surface area contributed by atoms with Crippen molar-refractivity contribution in [1.29, 1.82) is 0 Å². The van der Waals surface area contributed by atoms with Crippen molar-refractivity contribution in [2.24, 2.45) is 0 Å². The minimum Gasteiger partial charge on any atom is -0.457 e. The van der Waals surface area contributed by atoms with Crippen molar-refractivity contribution in [3.8, 4) is 11.5 Å². The quantitative estimate of drug-likeness (QED) is 0.293. The predicted molar refractivity (Wildman–Crippen MR) is 130 cm³/mol. The number of hydrogen-bond acceptors (Lipinski definition) is 7. The van der Waals surface area contributed by atoms with Gasteiger partial charge in [-0.15, -0.1) is 11.6 Å². The smallest absolute Gasteiger partial charge is 0.300 e. The second-order valence-electron chi connectivity index (χ2n) is 7.13. The van der Waals surface area contributed by atoms with Crippen LogP contribution in [0.25, 0.3) is 11.1 Å². The number of pyridine rings is 1. The third kappa shape index (κ3) is 5.38. The van der Waals surface area contributed by atoms with Crippen molar-refractivity contribution in [2.45, 2.75) is 12.3 Å². The summed E-state index contributed by atoms with van der Waals surface area (Å²) in [6.45, 7) is 1.57. The number of alkyl halides is 1. The van der Waals surface area contributed by atoms with Gasteiger partial charge in [0.15, 0.2) is 5.58 Å². The molecule has 9 nitrogen and oxygen atoms in total. The zero-order valence-electron chi connectivity index (χ0n) is 18.1. The molecule has 1 atom stereocenters. The Bertz CT molecular complexity index is 1370. The molecule has 4 rings (SSSR count). The maximum absolute atomic E-state index is 11.8. The highest BCUT2D eigenvalue weighted by Gasteiger charge is 2.13. The van der Waals surface area contributed by atoms with E-state index in [1.807, 2.05) is 0 Å². The van der Waals surface area contributed by atoms with Crippen molar-refractivity contribution >= 4 is 63.5 Å². The minimum atomic E-state index is -0.682. The number of rotatable bonds is 7. The number of carbonyl (C=O) groups is 2. The van der Waals surface area contributed by atoms with E-state index in [0.717, 1.165) is 0 Å². The molecule has 2 aromatic carbocycles. The third-order valence-corrected chi connectivity index (χ3v) is 5.14. The number of anilines is 3. The normalized spacial score (nSPS) is 11.6. The zero-order valence-corrected chi connectivity index (χ0v) is 19.6. The van der Waals surface area contributed by atoms with Gasteiger partial charge in [-0.2, -0.15) is 4.98 Å². The number of benzene rings is 2. The Morgan fingerprint density at radius 2 is 1.88 bits per heavy atom. The molecule has 0 fully saturated rings. The van der Waals surface area contributed by atoms with Gasteiger partial charge >= 0.3 is 0 Å². The number of amides is 2. The van der Waals surface area contributed by atoms with Gasteiger partial charge in [-0.3, -0.25) is 14.6 Å². The maximum atomic E-state index is 11.8. The molecule has 1 unspecified atom stereocenters. The first-order valence-corrected chi connectivity index (χ1v) is 10.9. The summed E-state index contributed by atoms with van der Waals surface area (Å²) in [5, 5.41) is 7.86. The van der Waals surface area contributed by atoms with Crippen molar-refractivity contribution in [3.05, 3.63) is 65.4 Å². The van der Waals surface area contributed by atoms with E-state index in [1.165, 1.54) is 13.2 Å². The average Bonchev–Trinajstić information content (AvgIpc) is 3.21. The summed E-state index contributed by atoms with van der Waals surface area (Å²) in [6.07, 6.45) is 1.49. The first-order chi connectivity index (χ1) is 16.3. The number of aromatic nitrogens is 2. The van der Waals surface area contributed by atoms with Crippen molar-refractivity contribution in [3.63, 3.8) is 0 Å². The van der Waals surface area contributed by atoms with Crippen LogP contribution in [0, 0.1) is 0 Å². The number of oxazole rings is 1. The van der Waals surface area contributed by atoms with E-state index in [0.29, 0.717) is 39.0 Å². The molecular formula is C23H19Cl2N5O4. The molecule has 0 spiro atoms. The second-order valence-corrected chi connectivity index (χ2v) is 8.19. The molecule has 0 bridgehead atoms. The molecule has 4 aromatic rings. The van der Waals surface area contributed by atoms with E-state index in [2.05, 4.69) is 25.9 Å². The standard InChI is InChI=1S/C23H19Cl2N5O4/c1-12(24)21(31)29-17-5-3-13(9-16(17)25)28-23-30-18-10-14(4-6-20(18)34-23)33-15-7-8-27-19(11-15)22(32)26-2/h3-12H,1-2H3,(H,26,32)(H,28,30)(H,29,31). The Kier molecular flexibility index (Phi) is 6.85. The molecular weight excluding hydrogens is 481 g/mol. The van der Waals surface area contributed by atoms with Gasteiger partial charge in [-0.25, -0.2) is 0 Å². The fourth-order valence-electron chi connectivity index (χ4n) is 2.94. The Morgan fingerprint density at radius 1 is 1.09 bits per heavy atom. The van der Waals surface area contributed by atoms with Gasteiger partial charge in [-0.1, -0.05) is 11.6 Å². The Labute approximate surface area is 204 Å². The maximum Gasteiger partial charge on any atom is 0.300 e. The molecule has 2 amide bonds. The van der Waals surface area contributed by atoms with Gasteiger partial charge in [0.2, 0.25) is 5.91 Å². The zero-order chi connectivity index (χ0) is 24.2. The lowest BCUT2D eigenvalue weighted by Gasteiger charge is -2.10. The lowest BCUT2D eigenvalue weighted by Crippen LogP contribution is -2.20. The predicted octanol–water partition coefficient (Wildman–Crippen LogP) is 5.34. The number of hydrogen-bond donors (Lipinski definition) is 3. The van der Waals surface area contributed by atoms with E-state index in [4.69, 9.17) is 32.4 Å². The Hall–Kier alpha value is -3.82. The molecule has 0 aliphatic carbocycles. The molecule has 3 N–H and O–H groups in total. The van der Waals surface area contributed by atoms with Crippen molar-refractivity contribution in [1.82, 2.24) is 15.3 Å². The molecule has 11 heteroatoms. The van der Waals surface area contributed by atoms with E-state index in [9.17, 15) is 9.59 Å². The lowest BCUT2D eigenvalue weighted by molar-refractivity contribution is -0.115. The highest BCUT2D eigenvalue weighted by Crippen LogP contribution is 2.31. The molecule has 0 aliphatic heterocycles. The summed E-state index contributed by atoms with van der Waals surface area (Å²) in [5.74, 6) is 0.313. The fraction of sp³-hybridized carbons (Fsp3) is 0.130. The lowest BCUT2D eigenvalue weighted by atomic mass is 10.2. The van der Waals surface area contributed by atoms with Crippen molar-refractivity contribution in [2.75, 3.05) is 17.7 Å². The van der Waals surface area contributed by atoms with Crippen LogP contribution in [0.3, 0.4) is 0 Å². The number of halogens is 2. The van der Waals surface area contributed by atoms with Crippen LogP contribution in [0.1, 0.15) is 17.4 Å². The Balaban J connectivity index is 1.49. The van der Waals surface area contributed by atoms with Crippen LogP contribution < -0.4 is 20.7 Å². The summed E-state index contributed by atoms with van der Waals surface area (Å²) in [4.78, 5) is 32.0. The van der Waals surface area contributed by atoms with Crippen LogP contribution in [0.2, 0.25) is 5.02 Å². The number of carbonyl (C=O) groups excluding carboxylic acids is 2. The first-order valence-electron chi connectivity index (χ1n) is 10.1. The summed E-state index contributed by atoms with van der Waals surface area (Å²) in [6, 6.07) is 13.6. The van der Waals surface area contributed by atoms with Gasteiger partial charge < -0.3 is 25.1 Å². The topological polar surface area (TPSA) is 118 Å². The van der Waals surface area contributed by atoms with E-state index < -0.39 is 5.38 Å². The number of nitrogens with zero attached hydrogens (tertiary/aromatic N) is 2. The van der Waals surface area contributed by atoms with Crippen LogP contribution in [-0.2, 0) is 4.79 Å². The van der Waals surface area contributed by atoms with Crippen LogP contribution in [-0.4, -0.2) is 34.2 Å². The van der Waals surface area contributed by atoms with Crippen LogP contribution in [0.4, 0.5) is 17.4 Å². The molecule has 0 saturated carbocycles. The van der Waals surface area contributed by atoms with Gasteiger partial charge in [0.25, 0.3) is 11.9 Å². The summed E-state index contributed by atoms with van der Waals surface area (Å²) < 4.78 is 11.6. The van der Waals surface area contributed by atoms with Gasteiger partial charge in [0.1, 0.15) is 28.1 Å². The van der Waals surface area contributed by atoms with E-state index in [-0.39, 0.29) is 23.5 Å². The molecule has 2 aromatic heterocycles. The molecule has 0 aliphatic rings. The van der Waals surface area contributed by atoms with Gasteiger partial charge in [-0.05, 0) is 43.3 Å². The summed E-state index contributed by atoms with van der Waals surface area (Å²) in [5.41, 5.74) is 2.41. The van der Waals surface area contributed by atoms with Crippen LogP contribution in [0.15, 0.2) is 59.1 Å². The second kappa shape index (κ2) is 9.98. The molecule has 34 heavy (non-hydrogen) atoms. The van der Waals surface area contributed by atoms with Gasteiger partial charge in [0, 0.05) is 31.1 Å². The molecule has 174 valence electrons. The molecule has 0 radical (unpaired) electrons. The largest absolute Gasteiger partial charge is 0.457 e. The van der Waals surface area contributed by atoms with E-state index >= 15 is 0 Å². The van der Waals surface area contributed by atoms with Crippen molar-refractivity contribution < 1.29 is 18.7 Å². The third-order valence-electron chi connectivity index (χ3n) is 4.63. The molecule has 2 heterocycles. The molecule has 0 saturated heterocycles. The highest BCUT2D eigenvalue weighted by molar-refractivity contribution is 6.35. The SMILES string of the molecule is CNC(=O)c1cc(Oc2ccc3oc(Nc4ccc(NC(=O)C(C)Cl)c(Cl)c4)nc3c2)ccn1. The number of ether oxygens (including phenoxy) is 1. The average molecular weight is 500 g/mol. The van der Waals surface area contributed by atoms with Gasteiger partial charge in [0.05, 0.1) is 10.7 Å². The number of fused-ring (bicyclic) bond motifs is 1. The van der Waals surface area contributed by atoms with Crippen LogP contribution in [0.5, 0.6) is 11.5 Å². The Morgan fingerprint density at radius 3 is 2.62 bits per heavy atom. The van der Waals surface area contributed by atoms with Crippen LogP contribution >= 0.6 is 23.2 Å². The first kappa shape index (κ1) is 23.3. The fourth-order valence-corrected chi connectivity index (χ4v) is 3.22. The summed E-state index contributed by atoms with van der Waals surface area (Å²) in [7, 11) is 1.53. The highest BCUT2D eigenvalue weighted by atomic mass is 35.5. The minimum absolute atomic E-state index is 0.246. The monoisotopic (exact) mass is 499 g/mol.